The Labute approximate surface area is 124 Å². The van der Waals surface area contributed by atoms with E-state index in [9.17, 15) is 8.42 Å². The van der Waals surface area contributed by atoms with Crippen molar-refractivity contribution in [3.63, 3.8) is 0 Å². The van der Waals surface area contributed by atoms with Crippen molar-refractivity contribution in [2.24, 2.45) is 0 Å². The third kappa shape index (κ3) is 3.68. The summed E-state index contributed by atoms with van der Waals surface area (Å²) in [5.74, 6) is 0. The SMILES string of the molecule is C=CCN(C(C)(C)C)S(=O)(=O)c1ccc(C)cc1Br. The summed E-state index contributed by atoms with van der Waals surface area (Å²) in [7, 11) is -3.55. The summed E-state index contributed by atoms with van der Waals surface area (Å²) < 4.78 is 27.5. The second-order valence-electron chi connectivity index (χ2n) is 5.43. The van der Waals surface area contributed by atoms with Crippen LogP contribution < -0.4 is 0 Å². The van der Waals surface area contributed by atoms with Gasteiger partial charge in [-0.1, -0.05) is 12.1 Å². The highest BCUT2D eigenvalue weighted by atomic mass is 79.9. The van der Waals surface area contributed by atoms with Crippen molar-refractivity contribution in [2.75, 3.05) is 6.54 Å². The van der Waals surface area contributed by atoms with Gasteiger partial charge >= 0.3 is 0 Å². The second kappa shape index (κ2) is 5.77. The van der Waals surface area contributed by atoms with Gasteiger partial charge in [0.2, 0.25) is 10.0 Å². The van der Waals surface area contributed by atoms with E-state index < -0.39 is 15.6 Å². The topological polar surface area (TPSA) is 37.4 Å². The number of benzene rings is 1. The van der Waals surface area contributed by atoms with Gasteiger partial charge in [0.25, 0.3) is 0 Å². The minimum Gasteiger partial charge on any atom is -0.207 e. The summed E-state index contributed by atoms with van der Waals surface area (Å²) in [5, 5.41) is 0. The lowest BCUT2D eigenvalue weighted by Gasteiger charge is -2.33. The van der Waals surface area contributed by atoms with Gasteiger partial charge in [0.1, 0.15) is 0 Å². The molecular formula is C14H20BrNO2S. The Kier molecular flexibility index (Phi) is 4.98. The van der Waals surface area contributed by atoms with Crippen LogP contribution in [0.25, 0.3) is 0 Å². The lowest BCUT2D eigenvalue weighted by atomic mass is 10.1. The first-order valence-corrected chi connectivity index (χ1v) is 8.24. The van der Waals surface area contributed by atoms with Gasteiger partial charge < -0.3 is 0 Å². The number of hydrogen-bond acceptors (Lipinski definition) is 2. The lowest BCUT2D eigenvalue weighted by Crippen LogP contribution is -2.45. The molecule has 0 aliphatic carbocycles. The molecule has 0 aliphatic rings. The summed E-state index contributed by atoms with van der Waals surface area (Å²) in [6, 6.07) is 5.24. The Bertz CT molecular complexity index is 574. The first-order chi connectivity index (χ1) is 8.60. The predicted octanol–water partition coefficient (Wildman–Crippen LogP) is 3.73. The molecule has 0 bridgehead atoms. The normalized spacial score (nSPS) is 12.7. The molecule has 19 heavy (non-hydrogen) atoms. The van der Waals surface area contributed by atoms with Crippen LogP contribution in [0.4, 0.5) is 0 Å². The molecule has 0 heterocycles. The smallest absolute Gasteiger partial charge is 0.207 e. The Morgan fingerprint density at radius 1 is 1.37 bits per heavy atom. The minimum absolute atomic E-state index is 0.284. The quantitative estimate of drug-likeness (QED) is 0.779. The Balaban J connectivity index is 3.39. The highest BCUT2D eigenvalue weighted by molar-refractivity contribution is 9.10. The highest BCUT2D eigenvalue weighted by Crippen LogP contribution is 2.30. The second-order valence-corrected chi connectivity index (χ2v) is 8.11. The van der Waals surface area contributed by atoms with Crippen LogP contribution in [0.5, 0.6) is 0 Å². The van der Waals surface area contributed by atoms with Crippen LogP contribution in [0.3, 0.4) is 0 Å². The fourth-order valence-electron chi connectivity index (χ4n) is 1.78. The summed E-state index contributed by atoms with van der Waals surface area (Å²) >= 11 is 3.34. The average Bonchev–Trinajstić information content (AvgIpc) is 2.23. The standard InChI is InChI=1S/C14H20BrNO2S/c1-6-9-16(14(3,4)5)19(17,18)13-8-7-11(2)10-12(13)15/h6-8,10H,1,9H2,2-5H3. The third-order valence-electron chi connectivity index (χ3n) is 2.70. The van der Waals surface area contributed by atoms with E-state index in [0.717, 1.165) is 5.56 Å². The monoisotopic (exact) mass is 345 g/mol. The van der Waals surface area contributed by atoms with E-state index in [1.807, 2.05) is 33.8 Å². The van der Waals surface area contributed by atoms with Crippen molar-refractivity contribution in [2.45, 2.75) is 38.1 Å². The molecule has 106 valence electrons. The molecule has 0 N–H and O–H groups in total. The molecule has 0 aromatic heterocycles. The summed E-state index contributed by atoms with van der Waals surface area (Å²) in [5.41, 5.74) is 0.508. The van der Waals surface area contributed by atoms with Crippen LogP contribution >= 0.6 is 15.9 Å². The van der Waals surface area contributed by atoms with Crippen molar-refractivity contribution in [1.82, 2.24) is 4.31 Å². The minimum atomic E-state index is -3.55. The molecule has 0 fully saturated rings. The number of rotatable bonds is 4. The molecule has 1 rings (SSSR count). The molecule has 0 spiro atoms. The van der Waals surface area contributed by atoms with E-state index in [2.05, 4.69) is 22.5 Å². The first-order valence-electron chi connectivity index (χ1n) is 6.00. The van der Waals surface area contributed by atoms with Crippen LogP contribution in [-0.4, -0.2) is 24.8 Å². The molecule has 5 heteroatoms. The lowest BCUT2D eigenvalue weighted by molar-refractivity contribution is 0.269. The van der Waals surface area contributed by atoms with Crippen molar-refractivity contribution >= 4 is 26.0 Å². The van der Waals surface area contributed by atoms with Crippen LogP contribution in [0.1, 0.15) is 26.3 Å². The number of sulfonamides is 1. The van der Waals surface area contributed by atoms with Gasteiger partial charge in [0.05, 0.1) is 4.90 Å². The highest BCUT2D eigenvalue weighted by Gasteiger charge is 2.34. The van der Waals surface area contributed by atoms with Crippen LogP contribution in [0.15, 0.2) is 40.2 Å². The van der Waals surface area contributed by atoms with E-state index in [1.54, 1.807) is 18.2 Å². The molecule has 0 atom stereocenters. The molecule has 0 saturated carbocycles. The van der Waals surface area contributed by atoms with Crippen LogP contribution in [-0.2, 0) is 10.0 Å². The van der Waals surface area contributed by atoms with E-state index in [1.165, 1.54) is 4.31 Å². The van der Waals surface area contributed by atoms with E-state index in [-0.39, 0.29) is 11.4 Å². The average molecular weight is 346 g/mol. The summed E-state index contributed by atoms with van der Waals surface area (Å²) in [6.07, 6.45) is 1.60. The Hall–Kier alpha value is -0.650. The maximum Gasteiger partial charge on any atom is 0.244 e. The van der Waals surface area contributed by atoms with Gasteiger partial charge in [-0.2, -0.15) is 4.31 Å². The number of halogens is 1. The Morgan fingerprint density at radius 2 is 1.95 bits per heavy atom. The van der Waals surface area contributed by atoms with Gasteiger partial charge in [-0.15, -0.1) is 6.58 Å². The summed E-state index contributed by atoms with van der Waals surface area (Å²) in [6.45, 7) is 11.5. The largest absolute Gasteiger partial charge is 0.244 e. The number of aryl methyl sites for hydroxylation is 1. The molecule has 0 unspecified atom stereocenters. The summed E-state index contributed by atoms with van der Waals surface area (Å²) in [4.78, 5) is 0.287. The molecule has 3 nitrogen and oxygen atoms in total. The van der Waals surface area contributed by atoms with Gasteiger partial charge in [0.15, 0.2) is 0 Å². The molecule has 1 aromatic carbocycles. The molecule has 0 amide bonds. The zero-order chi connectivity index (χ0) is 14.8. The molecule has 1 aromatic rings. The first kappa shape index (κ1) is 16.4. The predicted molar refractivity (Wildman–Crippen MR) is 82.7 cm³/mol. The van der Waals surface area contributed by atoms with Crippen molar-refractivity contribution in [3.05, 3.63) is 40.9 Å². The number of nitrogens with zero attached hydrogens (tertiary/aromatic N) is 1. The number of hydrogen-bond donors (Lipinski definition) is 0. The zero-order valence-corrected chi connectivity index (χ0v) is 14.2. The van der Waals surface area contributed by atoms with E-state index >= 15 is 0 Å². The molecule has 0 saturated heterocycles. The third-order valence-corrected chi connectivity index (χ3v) is 5.81. The van der Waals surface area contributed by atoms with Gasteiger partial charge in [-0.3, -0.25) is 0 Å². The Morgan fingerprint density at radius 3 is 2.37 bits per heavy atom. The molecule has 0 radical (unpaired) electrons. The maximum absolute atomic E-state index is 12.7. The van der Waals surface area contributed by atoms with E-state index in [0.29, 0.717) is 4.47 Å². The molecular weight excluding hydrogens is 326 g/mol. The van der Waals surface area contributed by atoms with Gasteiger partial charge in [-0.25, -0.2) is 8.42 Å². The van der Waals surface area contributed by atoms with Crippen molar-refractivity contribution in [3.8, 4) is 0 Å². The fourth-order valence-corrected chi connectivity index (χ4v) is 4.70. The van der Waals surface area contributed by atoms with Crippen LogP contribution in [0, 0.1) is 6.92 Å². The maximum atomic E-state index is 12.7. The van der Waals surface area contributed by atoms with Gasteiger partial charge in [0, 0.05) is 16.6 Å². The van der Waals surface area contributed by atoms with Crippen molar-refractivity contribution < 1.29 is 8.42 Å². The van der Waals surface area contributed by atoms with Gasteiger partial charge in [-0.05, 0) is 61.3 Å². The van der Waals surface area contributed by atoms with E-state index in [4.69, 9.17) is 0 Å². The van der Waals surface area contributed by atoms with Crippen molar-refractivity contribution in [1.29, 1.82) is 0 Å². The van der Waals surface area contributed by atoms with Crippen LogP contribution in [0.2, 0.25) is 0 Å². The molecule has 0 aliphatic heterocycles. The fraction of sp³-hybridized carbons (Fsp3) is 0.429. The zero-order valence-electron chi connectivity index (χ0n) is 11.8.